The van der Waals surface area contributed by atoms with Crippen LogP contribution in [0.15, 0.2) is 18.2 Å². The second-order valence-corrected chi connectivity index (χ2v) is 5.55. The van der Waals surface area contributed by atoms with Gasteiger partial charge in [-0.3, -0.25) is 4.79 Å². The summed E-state index contributed by atoms with van der Waals surface area (Å²) in [7, 11) is 0. The fourth-order valence-electron chi connectivity index (χ4n) is 2.56. The van der Waals surface area contributed by atoms with E-state index in [1.165, 1.54) is 31.0 Å². The van der Waals surface area contributed by atoms with Gasteiger partial charge >= 0.3 is 0 Å². The van der Waals surface area contributed by atoms with Gasteiger partial charge in [0.05, 0.1) is 0 Å². The third kappa shape index (κ3) is 4.43. The lowest BCUT2D eigenvalue weighted by Crippen LogP contribution is -2.35. The Bertz CT molecular complexity index is 483. The molecule has 0 radical (unpaired) electrons. The molecular formula is C16H23FN2O2. The Morgan fingerprint density at radius 3 is 2.62 bits per heavy atom. The zero-order valence-corrected chi connectivity index (χ0v) is 12.5. The van der Waals surface area contributed by atoms with Gasteiger partial charge in [-0.25, -0.2) is 4.39 Å². The molecular weight excluding hydrogens is 271 g/mol. The van der Waals surface area contributed by atoms with Crippen LogP contribution in [0.3, 0.4) is 0 Å². The highest BCUT2D eigenvalue weighted by molar-refractivity contribution is 5.77. The normalized spacial score (nSPS) is 17.2. The van der Waals surface area contributed by atoms with Crippen LogP contribution in [0.5, 0.6) is 5.75 Å². The van der Waals surface area contributed by atoms with Gasteiger partial charge in [-0.15, -0.1) is 0 Å². The van der Waals surface area contributed by atoms with E-state index in [4.69, 9.17) is 10.5 Å². The summed E-state index contributed by atoms with van der Waals surface area (Å²) in [6, 6.07) is 3.86. The van der Waals surface area contributed by atoms with Gasteiger partial charge in [-0.05, 0) is 38.0 Å². The zero-order chi connectivity index (χ0) is 15.2. The van der Waals surface area contributed by atoms with Crippen molar-refractivity contribution >= 4 is 5.91 Å². The number of likely N-dealkylation sites (tertiary alicyclic amines) is 1. The highest BCUT2D eigenvalue weighted by Gasteiger charge is 2.17. The highest BCUT2D eigenvalue weighted by Crippen LogP contribution is 2.24. The first-order chi connectivity index (χ1) is 10.1. The van der Waals surface area contributed by atoms with Crippen LogP contribution in [-0.2, 0) is 4.79 Å². The molecule has 1 atom stereocenters. The number of nitrogens with zero attached hydrogens (tertiary/aromatic N) is 1. The topological polar surface area (TPSA) is 55.6 Å². The Morgan fingerprint density at radius 2 is 2.00 bits per heavy atom. The van der Waals surface area contributed by atoms with Gasteiger partial charge in [0, 0.05) is 24.7 Å². The number of carbonyl (C=O) groups is 1. The highest BCUT2D eigenvalue weighted by atomic mass is 19.1. The third-order valence-corrected chi connectivity index (χ3v) is 3.77. The summed E-state index contributed by atoms with van der Waals surface area (Å²) in [5.74, 6) is 0.111. The van der Waals surface area contributed by atoms with Crippen LogP contribution in [0.1, 0.15) is 44.2 Å². The average Bonchev–Trinajstić information content (AvgIpc) is 2.74. The van der Waals surface area contributed by atoms with Crippen molar-refractivity contribution in [1.29, 1.82) is 0 Å². The van der Waals surface area contributed by atoms with Crippen molar-refractivity contribution in [3.05, 3.63) is 29.6 Å². The molecule has 2 N–H and O–H groups in total. The van der Waals surface area contributed by atoms with E-state index in [0.29, 0.717) is 11.3 Å². The largest absolute Gasteiger partial charge is 0.483 e. The van der Waals surface area contributed by atoms with Gasteiger partial charge in [0.15, 0.2) is 6.61 Å². The van der Waals surface area contributed by atoms with E-state index in [1.807, 2.05) is 4.90 Å². The van der Waals surface area contributed by atoms with Crippen LogP contribution >= 0.6 is 0 Å². The number of amides is 1. The predicted octanol–water partition coefficient (Wildman–Crippen LogP) is 2.63. The second-order valence-electron chi connectivity index (χ2n) is 5.55. The summed E-state index contributed by atoms with van der Waals surface area (Å²) in [5, 5.41) is 0. The number of ether oxygens (including phenoxy) is 1. The minimum Gasteiger partial charge on any atom is -0.483 e. The van der Waals surface area contributed by atoms with Crippen molar-refractivity contribution in [2.75, 3.05) is 19.7 Å². The smallest absolute Gasteiger partial charge is 0.260 e. The fourth-order valence-corrected chi connectivity index (χ4v) is 2.56. The van der Waals surface area contributed by atoms with Crippen LogP contribution < -0.4 is 10.5 Å². The SMILES string of the molecule is C[C@H](N)c1cc(F)ccc1OCC(=O)N1CCCCCC1. The first-order valence-electron chi connectivity index (χ1n) is 7.53. The molecule has 1 saturated heterocycles. The van der Waals surface area contributed by atoms with Crippen molar-refractivity contribution in [3.8, 4) is 5.75 Å². The molecule has 0 bridgehead atoms. The van der Waals surface area contributed by atoms with Crippen molar-refractivity contribution in [1.82, 2.24) is 4.90 Å². The van der Waals surface area contributed by atoms with Gasteiger partial charge < -0.3 is 15.4 Å². The summed E-state index contributed by atoms with van der Waals surface area (Å²) in [6.07, 6.45) is 4.45. The van der Waals surface area contributed by atoms with Crippen LogP contribution in [-0.4, -0.2) is 30.5 Å². The molecule has 116 valence electrons. The molecule has 0 spiro atoms. The van der Waals surface area contributed by atoms with E-state index in [-0.39, 0.29) is 24.4 Å². The molecule has 2 rings (SSSR count). The van der Waals surface area contributed by atoms with Gasteiger partial charge in [-0.2, -0.15) is 0 Å². The van der Waals surface area contributed by atoms with Gasteiger partial charge in [0.1, 0.15) is 11.6 Å². The molecule has 1 aromatic rings. The molecule has 1 amide bonds. The van der Waals surface area contributed by atoms with Gasteiger partial charge in [0.25, 0.3) is 5.91 Å². The minimum absolute atomic E-state index is 0.0168. The molecule has 21 heavy (non-hydrogen) atoms. The second kappa shape index (κ2) is 7.41. The van der Waals surface area contributed by atoms with Crippen LogP contribution in [0.2, 0.25) is 0 Å². The summed E-state index contributed by atoms with van der Waals surface area (Å²) < 4.78 is 18.8. The molecule has 0 aromatic heterocycles. The maximum atomic E-state index is 13.3. The first-order valence-corrected chi connectivity index (χ1v) is 7.53. The molecule has 0 unspecified atom stereocenters. The number of hydrogen-bond acceptors (Lipinski definition) is 3. The van der Waals surface area contributed by atoms with Crippen molar-refractivity contribution in [3.63, 3.8) is 0 Å². The zero-order valence-electron chi connectivity index (χ0n) is 12.5. The molecule has 4 nitrogen and oxygen atoms in total. The summed E-state index contributed by atoms with van der Waals surface area (Å²) in [6.45, 7) is 3.33. The van der Waals surface area contributed by atoms with Crippen LogP contribution in [0.4, 0.5) is 4.39 Å². The van der Waals surface area contributed by atoms with E-state index in [9.17, 15) is 9.18 Å². The number of hydrogen-bond donors (Lipinski definition) is 1. The summed E-state index contributed by atoms with van der Waals surface area (Å²) in [5.41, 5.74) is 6.39. The van der Waals surface area contributed by atoms with Crippen LogP contribution in [0, 0.1) is 5.82 Å². The fraction of sp³-hybridized carbons (Fsp3) is 0.562. The third-order valence-electron chi connectivity index (χ3n) is 3.77. The molecule has 0 aliphatic carbocycles. The maximum Gasteiger partial charge on any atom is 0.260 e. The lowest BCUT2D eigenvalue weighted by Gasteiger charge is -2.21. The summed E-state index contributed by atoms with van der Waals surface area (Å²) in [4.78, 5) is 14.0. The minimum atomic E-state index is -0.353. The lowest BCUT2D eigenvalue weighted by atomic mass is 10.1. The molecule has 5 heteroatoms. The molecule has 0 saturated carbocycles. The van der Waals surface area contributed by atoms with E-state index in [2.05, 4.69) is 0 Å². The lowest BCUT2D eigenvalue weighted by molar-refractivity contribution is -0.133. The van der Waals surface area contributed by atoms with E-state index in [1.54, 1.807) is 6.92 Å². The predicted molar refractivity (Wildman–Crippen MR) is 79.5 cm³/mol. The Labute approximate surface area is 125 Å². The van der Waals surface area contributed by atoms with E-state index < -0.39 is 0 Å². The van der Waals surface area contributed by atoms with Crippen molar-refractivity contribution < 1.29 is 13.9 Å². The standard InChI is InChI=1S/C16H23FN2O2/c1-12(18)14-10-13(17)6-7-15(14)21-11-16(20)19-8-4-2-3-5-9-19/h6-7,10,12H,2-5,8-9,11,18H2,1H3/t12-/m0/s1. The number of rotatable bonds is 4. The molecule has 1 aliphatic heterocycles. The number of carbonyl (C=O) groups excluding carboxylic acids is 1. The first kappa shape index (κ1) is 15.8. The maximum absolute atomic E-state index is 13.3. The molecule has 1 aliphatic rings. The van der Waals surface area contributed by atoms with Crippen LogP contribution in [0.25, 0.3) is 0 Å². The monoisotopic (exact) mass is 294 g/mol. The summed E-state index contributed by atoms with van der Waals surface area (Å²) >= 11 is 0. The van der Waals surface area contributed by atoms with Crippen molar-refractivity contribution in [2.24, 2.45) is 5.73 Å². The van der Waals surface area contributed by atoms with Gasteiger partial charge in [0.2, 0.25) is 0 Å². The Balaban J connectivity index is 1.97. The van der Waals surface area contributed by atoms with E-state index >= 15 is 0 Å². The number of halogens is 1. The average molecular weight is 294 g/mol. The molecule has 1 aromatic carbocycles. The molecule has 1 fully saturated rings. The van der Waals surface area contributed by atoms with Gasteiger partial charge in [-0.1, -0.05) is 12.8 Å². The van der Waals surface area contributed by atoms with E-state index in [0.717, 1.165) is 25.9 Å². The molecule has 1 heterocycles. The number of benzene rings is 1. The Kier molecular flexibility index (Phi) is 5.56. The Morgan fingerprint density at radius 1 is 1.33 bits per heavy atom. The van der Waals surface area contributed by atoms with Crippen molar-refractivity contribution in [2.45, 2.75) is 38.6 Å². The Hall–Kier alpha value is -1.62. The quantitative estimate of drug-likeness (QED) is 0.928. The number of nitrogens with two attached hydrogens (primary N) is 1.